The Balaban J connectivity index is 6.72. The Kier molecular flexibility index (Phi) is 10.4. The van der Waals surface area contributed by atoms with E-state index >= 15 is 0 Å². The molecule has 0 radical (unpaired) electrons. The van der Waals surface area contributed by atoms with Crippen molar-refractivity contribution in [3.8, 4) is 0 Å². The Hall–Kier alpha value is -1.03. The molecule has 0 spiro atoms. The summed E-state index contributed by atoms with van der Waals surface area (Å²) >= 11 is 0. The summed E-state index contributed by atoms with van der Waals surface area (Å²) in [5.41, 5.74) is 0. The summed E-state index contributed by atoms with van der Waals surface area (Å²) in [7, 11) is -9.60. The number of rotatable bonds is 14. The molecule has 1 unspecified atom stereocenters. The van der Waals surface area contributed by atoms with Gasteiger partial charge in [0.05, 0.1) is 12.4 Å². The number of aliphatic hydroxyl groups is 1. The predicted molar refractivity (Wildman–Crippen MR) is 96.5 cm³/mol. The fraction of sp³-hybridized carbons (Fsp3) is 1.00. The van der Waals surface area contributed by atoms with Gasteiger partial charge in [0.1, 0.15) is 0 Å². The molecule has 212 valence electrons. The van der Waals surface area contributed by atoms with Gasteiger partial charge in [-0.25, -0.2) is 8.42 Å². The van der Waals surface area contributed by atoms with Gasteiger partial charge in [0.15, 0.2) is 0 Å². The highest BCUT2D eigenvalue weighted by molar-refractivity contribution is 7.90. The second-order valence-corrected chi connectivity index (χ2v) is 10.9. The SMILES string of the molecule is CN(C)CCC(CO)N(CCCS(=O)(=O)O)S(=O)(=O)C(F)(F)C(F)(F)C(F)(F)C(F)(F)C(F)(F)F. The van der Waals surface area contributed by atoms with Gasteiger partial charge in [-0.3, -0.25) is 4.55 Å². The van der Waals surface area contributed by atoms with Gasteiger partial charge in [-0.2, -0.15) is 61.0 Å². The molecule has 0 aromatic heterocycles. The summed E-state index contributed by atoms with van der Waals surface area (Å²) in [4.78, 5) is 1.23. The van der Waals surface area contributed by atoms with Crippen LogP contribution in [0.15, 0.2) is 0 Å². The number of nitrogens with zero attached hydrogens (tertiary/aromatic N) is 2. The average molecular weight is 586 g/mol. The lowest BCUT2D eigenvalue weighted by atomic mass is 10.0. The molecule has 0 rings (SSSR count). The van der Waals surface area contributed by atoms with Gasteiger partial charge >= 0.3 is 29.2 Å². The molecular formula is C14H21F11N2O6S2. The van der Waals surface area contributed by atoms with Crippen LogP contribution in [0.1, 0.15) is 12.8 Å². The van der Waals surface area contributed by atoms with Crippen molar-refractivity contribution < 1.29 is 74.8 Å². The second-order valence-electron chi connectivity index (χ2n) is 7.42. The Morgan fingerprint density at radius 1 is 0.771 bits per heavy atom. The molecule has 0 amide bonds. The molecule has 1 atom stereocenters. The number of alkyl halides is 11. The van der Waals surface area contributed by atoms with Crippen LogP contribution in [-0.2, 0) is 20.1 Å². The smallest absolute Gasteiger partial charge is 0.395 e. The highest BCUT2D eigenvalue weighted by Crippen LogP contribution is 2.58. The van der Waals surface area contributed by atoms with Crippen LogP contribution < -0.4 is 0 Å². The van der Waals surface area contributed by atoms with Crippen molar-refractivity contribution in [2.24, 2.45) is 0 Å². The summed E-state index contributed by atoms with van der Waals surface area (Å²) in [6, 6.07) is -2.18. The van der Waals surface area contributed by atoms with E-state index in [1.807, 2.05) is 0 Å². The third-order valence-electron chi connectivity index (χ3n) is 4.45. The van der Waals surface area contributed by atoms with Gasteiger partial charge < -0.3 is 10.0 Å². The van der Waals surface area contributed by atoms with E-state index in [4.69, 9.17) is 4.55 Å². The Morgan fingerprint density at radius 2 is 1.23 bits per heavy atom. The molecule has 0 bridgehead atoms. The molecule has 35 heavy (non-hydrogen) atoms. The third kappa shape index (κ3) is 6.84. The Bertz CT molecular complexity index is 923. The minimum Gasteiger partial charge on any atom is -0.395 e. The molecule has 0 aromatic carbocycles. The maximum Gasteiger partial charge on any atom is 0.460 e. The fourth-order valence-electron chi connectivity index (χ4n) is 2.50. The molecule has 0 aliphatic rings. The van der Waals surface area contributed by atoms with Gasteiger partial charge in [0, 0.05) is 12.6 Å². The molecule has 0 heterocycles. The van der Waals surface area contributed by atoms with Crippen molar-refractivity contribution in [2.45, 2.75) is 48.1 Å². The lowest BCUT2D eigenvalue weighted by Gasteiger charge is -2.39. The van der Waals surface area contributed by atoms with Crippen LogP contribution in [0.3, 0.4) is 0 Å². The molecular weight excluding hydrogens is 565 g/mol. The van der Waals surface area contributed by atoms with Crippen LogP contribution >= 0.6 is 0 Å². The maximum absolute atomic E-state index is 14.4. The molecule has 21 heteroatoms. The number of aliphatic hydroxyl groups excluding tert-OH is 1. The van der Waals surface area contributed by atoms with Crippen LogP contribution in [0, 0.1) is 0 Å². The van der Waals surface area contributed by atoms with E-state index in [1.54, 1.807) is 0 Å². The first-order valence-electron chi connectivity index (χ1n) is 9.02. The molecule has 0 saturated heterocycles. The number of hydrogen-bond donors (Lipinski definition) is 2. The van der Waals surface area contributed by atoms with E-state index in [0.717, 1.165) is 0 Å². The predicted octanol–water partition coefficient (Wildman–Crippen LogP) is 2.27. The quantitative estimate of drug-likeness (QED) is 0.237. The van der Waals surface area contributed by atoms with E-state index in [9.17, 15) is 70.2 Å². The Labute approximate surface area is 192 Å². The zero-order valence-electron chi connectivity index (χ0n) is 17.7. The molecule has 0 aromatic rings. The Morgan fingerprint density at radius 3 is 1.57 bits per heavy atom. The van der Waals surface area contributed by atoms with Gasteiger partial charge in [0.25, 0.3) is 20.1 Å². The van der Waals surface area contributed by atoms with Crippen molar-refractivity contribution in [2.75, 3.05) is 39.5 Å². The lowest BCUT2D eigenvalue weighted by molar-refractivity contribution is -0.413. The number of halogens is 11. The van der Waals surface area contributed by atoms with Crippen molar-refractivity contribution in [1.82, 2.24) is 9.21 Å². The molecule has 0 saturated carbocycles. The van der Waals surface area contributed by atoms with Crippen LogP contribution in [-0.4, -0.2) is 110 Å². The molecule has 0 aliphatic carbocycles. The van der Waals surface area contributed by atoms with E-state index in [-0.39, 0.29) is 6.54 Å². The van der Waals surface area contributed by atoms with Crippen molar-refractivity contribution in [3.63, 3.8) is 0 Å². The first kappa shape index (κ1) is 34.0. The first-order chi connectivity index (χ1) is 15.2. The fourth-order valence-corrected chi connectivity index (χ4v) is 4.68. The summed E-state index contributed by atoms with van der Waals surface area (Å²) in [5, 5.41) is 2.02. The second kappa shape index (κ2) is 10.8. The minimum atomic E-state index is -7.99. The van der Waals surface area contributed by atoms with Crippen molar-refractivity contribution >= 4 is 20.1 Å². The molecule has 0 aliphatic heterocycles. The van der Waals surface area contributed by atoms with Gasteiger partial charge in [-0.1, -0.05) is 0 Å². The highest BCUT2D eigenvalue weighted by atomic mass is 32.2. The zero-order valence-corrected chi connectivity index (χ0v) is 19.3. The largest absolute Gasteiger partial charge is 0.460 e. The van der Waals surface area contributed by atoms with Gasteiger partial charge in [0.2, 0.25) is 0 Å². The normalized spacial score (nSPS) is 16.3. The van der Waals surface area contributed by atoms with Crippen LogP contribution in [0.25, 0.3) is 0 Å². The molecule has 8 nitrogen and oxygen atoms in total. The zero-order chi connectivity index (χ0) is 28.5. The molecule has 0 fully saturated rings. The van der Waals surface area contributed by atoms with Gasteiger partial charge in [-0.05, 0) is 33.5 Å². The summed E-state index contributed by atoms with van der Waals surface area (Å²) in [6.07, 6.45) is -9.37. The lowest BCUT2D eigenvalue weighted by Crippen LogP contribution is -2.69. The standard InChI is InChI=1S/C14H21F11N2O6S2/c1-26(2)6-4-9(8-28)27(5-3-7-34(29,30)31)35(32,33)14(24,25)12(19,20)10(15,16)11(17,18)13(21,22)23/h9,28H,3-8H2,1-2H3,(H,29,30,31). The minimum absolute atomic E-state index is 0.292. The summed E-state index contributed by atoms with van der Waals surface area (Å²) in [5.74, 6) is -25.1. The van der Waals surface area contributed by atoms with E-state index < -0.39 is 91.4 Å². The summed E-state index contributed by atoms with van der Waals surface area (Å²) < 4.78 is 201. The van der Waals surface area contributed by atoms with Crippen LogP contribution in [0.2, 0.25) is 0 Å². The average Bonchev–Trinajstić information content (AvgIpc) is 2.64. The van der Waals surface area contributed by atoms with Crippen LogP contribution in [0.5, 0.6) is 0 Å². The third-order valence-corrected chi connectivity index (χ3v) is 7.26. The van der Waals surface area contributed by atoms with E-state index in [2.05, 4.69) is 0 Å². The van der Waals surface area contributed by atoms with E-state index in [0.29, 0.717) is 0 Å². The number of hydrogen-bond acceptors (Lipinski definition) is 6. The molecule has 2 N–H and O–H groups in total. The number of sulfonamides is 1. The first-order valence-corrected chi connectivity index (χ1v) is 12.1. The summed E-state index contributed by atoms with van der Waals surface area (Å²) in [6.45, 7) is -3.34. The van der Waals surface area contributed by atoms with Crippen molar-refractivity contribution in [1.29, 1.82) is 0 Å². The van der Waals surface area contributed by atoms with E-state index in [1.165, 1.54) is 19.0 Å². The highest BCUT2D eigenvalue weighted by Gasteiger charge is 2.90. The maximum atomic E-state index is 14.4. The van der Waals surface area contributed by atoms with Crippen molar-refractivity contribution in [3.05, 3.63) is 0 Å². The van der Waals surface area contributed by atoms with Crippen LogP contribution in [0.4, 0.5) is 48.3 Å². The topological polar surface area (TPSA) is 115 Å². The monoisotopic (exact) mass is 586 g/mol. The van der Waals surface area contributed by atoms with Gasteiger partial charge in [-0.15, -0.1) is 0 Å².